The van der Waals surface area contributed by atoms with Crippen LogP contribution in [0.3, 0.4) is 0 Å². The van der Waals surface area contributed by atoms with Crippen LogP contribution in [-0.2, 0) is 6.54 Å². The molecule has 0 radical (unpaired) electrons. The summed E-state index contributed by atoms with van der Waals surface area (Å²) >= 11 is 0. The summed E-state index contributed by atoms with van der Waals surface area (Å²) in [6.45, 7) is 2.67. The minimum atomic E-state index is 0.514. The molecular weight excluding hydrogens is 262 g/mol. The molecule has 0 atom stereocenters. The predicted octanol–water partition coefficient (Wildman–Crippen LogP) is 2.85. The number of nitrogens with one attached hydrogen (secondary N) is 1. The maximum Gasteiger partial charge on any atom is 0.243 e. The van der Waals surface area contributed by atoms with Crippen molar-refractivity contribution >= 4 is 5.95 Å². The first-order valence-corrected chi connectivity index (χ1v) is 6.71. The van der Waals surface area contributed by atoms with E-state index in [-0.39, 0.29) is 0 Å². The Morgan fingerprint density at radius 3 is 2.76 bits per heavy atom. The fraction of sp³-hybridized carbons (Fsp3) is 0.125. The van der Waals surface area contributed by atoms with Gasteiger partial charge in [0.2, 0.25) is 5.95 Å². The Bertz CT molecular complexity index is 727. The van der Waals surface area contributed by atoms with E-state index < -0.39 is 0 Å². The fourth-order valence-electron chi connectivity index (χ4n) is 2.05. The van der Waals surface area contributed by atoms with Crippen LogP contribution in [0.4, 0.5) is 5.95 Å². The van der Waals surface area contributed by atoms with E-state index in [1.54, 1.807) is 12.4 Å². The van der Waals surface area contributed by atoms with E-state index in [0.29, 0.717) is 12.5 Å². The quantitative estimate of drug-likeness (QED) is 0.794. The van der Waals surface area contributed by atoms with E-state index in [1.165, 1.54) is 0 Å². The van der Waals surface area contributed by atoms with Crippen LogP contribution in [0.5, 0.6) is 0 Å². The van der Waals surface area contributed by atoms with Crippen LogP contribution >= 0.6 is 0 Å². The molecule has 104 valence electrons. The van der Waals surface area contributed by atoms with E-state index in [2.05, 4.69) is 38.5 Å². The van der Waals surface area contributed by atoms with Crippen LogP contribution in [0.15, 0.2) is 55.0 Å². The van der Waals surface area contributed by atoms with Crippen molar-refractivity contribution in [3.63, 3.8) is 0 Å². The molecule has 5 heteroatoms. The normalized spacial score (nSPS) is 10.3. The molecule has 1 N–H and O–H groups in total. The van der Waals surface area contributed by atoms with Gasteiger partial charge in [-0.1, -0.05) is 30.3 Å². The molecule has 0 saturated carbocycles. The van der Waals surface area contributed by atoms with Crippen molar-refractivity contribution in [1.82, 2.24) is 20.2 Å². The highest BCUT2D eigenvalue weighted by molar-refractivity contribution is 5.63. The van der Waals surface area contributed by atoms with Gasteiger partial charge in [-0.25, -0.2) is 4.98 Å². The summed E-state index contributed by atoms with van der Waals surface area (Å²) in [4.78, 5) is 8.59. The molecule has 3 rings (SSSR count). The Morgan fingerprint density at radius 2 is 1.95 bits per heavy atom. The Morgan fingerprint density at radius 1 is 1.05 bits per heavy atom. The maximum atomic E-state index is 4.51. The Balaban J connectivity index is 1.79. The number of benzene rings is 1. The molecule has 0 spiro atoms. The number of hydrogen-bond donors (Lipinski definition) is 1. The average Bonchev–Trinajstić information content (AvgIpc) is 2.55. The largest absolute Gasteiger partial charge is 0.349 e. The Kier molecular flexibility index (Phi) is 3.82. The number of hydrogen-bond acceptors (Lipinski definition) is 5. The van der Waals surface area contributed by atoms with E-state index in [0.717, 1.165) is 22.4 Å². The molecule has 0 aliphatic carbocycles. The van der Waals surface area contributed by atoms with Gasteiger partial charge in [0.15, 0.2) is 0 Å². The monoisotopic (exact) mass is 277 g/mol. The van der Waals surface area contributed by atoms with Gasteiger partial charge < -0.3 is 5.32 Å². The number of pyridine rings is 1. The first kappa shape index (κ1) is 13.2. The zero-order valence-electron chi connectivity index (χ0n) is 11.7. The lowest BCUT2D eigenvalue weighted by Crippen LogP contribution is -2.05. The van der Waals surface area contributed by atoms with Crippen molar-refractivity contribution in [2.75, 3.05) is 5.32 Å². The summed E-state index contributed by atoms with van der Waals surface area (Å²) < 4.78 is 0. The molecule has 0 fully saturated rings. The maximum absolute atomic E-state index is 4.51. The topological polar surface area (TPSA) is 63.6 Å². The van der Waals surface area contributed by atoms with E-state index in [9.17, 15) is 0 Å². The highest BCUT2D eigenvalue weighted by Crippen LogP contribution is 2.20. The highest BCUT2D eigenvalue weighted by Gasteiger charge is 2.05. The minimum Gasteiger partial charge on any atom is -0.349 e. The second kappa shape index (κ2) is 6.09. The third kappa shape index (κ3) is 3.20. The van der Waals surface area contributed by atoms with Crippen LogP contribution in [0.1, 0.15) is 11.1 Å². The molecule has 0 saturated heterocycles. The van der Waals surface area contributed by atoms with Gasteiger partial charge in [0, 0.05) is 24.5 Å². The summed E-state index contributed by atoms with van der Waals surface area (Å²) in [5.74, 6) is 0.514. The molecule has 0 aliphatic heterocycles. The van der Waals surface area contributed by atoms with Gasteiger partial charge in [-0.3, -0.25) is 4.98 Å². The molecule has 21 heavy (non-hydrogen) atoms. The third-order valence-corrected chi connectivity index (χ3v) is 3.15. The van der Waals surface area contributed by atoms with Crippen molar-refractivity contribution in [2.24, 2.45) is 0 Å². The molecule has 2 aromatic heterocycles. The lowest BCUT2D eigenvalue weighted by atomic mass is 10.1. The molecule has 3 aromatic rings. The second-order valence-electron chi connectivity index (χ2n) is 4.69. The first-order chi connectivity index (χ1) is 10.3. The Labute approximate surface area is 123 Å². The van der Waals surface area contributed by atoms with Gasteiger partial charge in [0.25, 0.3) is 0 Å². The lowest BCUT2D eigenvalue weighted by Gasteiger charge is -2.07. The van der Waals surface area contributed by atoms with E-state index >= 15 is 0 Å². The fourth-order valence-corrected chi connectivity index (χ4v) is 2.05. The molecule has 0 bridgehead atoms. The van der Waals surface area contributed by atoms with Gasteiger partial charge in [-0.15, -0.1) is 5.10 Å². The van der Waals surface area contributed by atoms with Gasteiger partial charge in [0.1, 0.15) is 0 Å². The van der Waals surface area contributed by atoms with Crippen LogP contribution in [0.25, 0.3) is 11.3 Å². The SMILES string of the molecule is Cc1ccccc1-c1cnnc(NCc2cccnc2)n1. The van der Waals surface area contributed by atoms with E-state index in [4.69, 9.17) is 0 Å². The molecule has 5 nitrogen and oxygen atoms in total. The molecule has 2 heterocycles. The zero-order chi connectivity index (χ0) is 14.5. The molecule has 0 aliphatic rings. The lowest BCUT2D eigenvalue weighted by molar-refractivity contribution is 0.946. The number of anilines is 1. The summed E-state index contributed by atoms with van der Waals surface area (Å²) in [6.07, 6.45) is 5.24. The Hall–Kier alpha value is -2.82. The standard InChI is InChI=1S/C16H15N5/c1-12-5-2-3-7-14(12)15-11-19-21-16(20-15)18-10-13-6-4-8-17-9-13/h2-9,11H,10H2,1H3,(H,18,20,21). The van der Waals surface area contributed by atoms with Gasteiger partial charge >= 0.3 is 0 Å². The van der Waals surface area contributed by atoms with Gasteiger partial charge in [0.05, 0.1) is 11.9 Å². The van der Waals surface area contributed by atoms with Crippen molar-refractivity contribution in [1.29, 1.82) is 0 Å². The second-order valence-corrected chi connectivity index (χ2v) is 4.69. The van der Waals surface area contributed by atoms with Crippen LogP contribution < -0.4 is 5.32 Å². The first-order valence-electron chi connectivity index (χ1n) is 6.71. The number of aryl methyl sites for hydroxylation is 1. The molecular formula is C16H15N5. The van der Waals surface area contributed by atoms with Crippen molar-refractivity contribution in [2.45, 2.75) is 13.5 Å². The van der Waals surface area contributed by atoms with Crippen LogP contribution in [0, 0.1) is 6.92 Å². The highest BCUT2D eigenvalue weighted by atomic mass is 15.2. The number of aromatic nitrogens is 4. The van der Waals surface area contributed by atoms with Crippen LogP contribution in [-0.4, -0.2) is 20.2 Å². The minimum absolute atomic E-state index is 0.514. The predicted molar refractivity (Wildman–Crippen MR) is 81.6 cm³/mol. The summed E-state index contributed by atoms with van der Waals surface area (Å²) in [5.41, 5.74) is 4.12. The van der Waals surface area contributed by atoms with Crippen LogP contribution in [0.2, 0.25) is 0 Å². The van der Waals surface area contributed by atoms with Crippen molar-refractivity contribution in [3.8, 4) is 11.3 Å². The molecule has 0 unspecified atom stereocenters. The van der Waals surface area contributed by atoms with E-state index in [1.807, 2.05) is 36.5 Å². The van der Waals surface area contributed by atoms with Gasteiger partial charge in [-0.2, -0.15) is 5.10 Å². The third-order valence-electron chi connectivity index (χ3n) is 3.15. The summed E-state index contributed by atoms with van der Waals surface area (Å²) in [5, 5.41) is 11.2. The zero-order valence-corrected chi connectivity index (χ0v) is 11.7. The smallest absolute Gasteiger partial charge is 0.243 e. The van der Waals surface area contributed by atoms with Gasteiger partial charge in [-0.05, 0) is 24.1 Å². The average molecular weight is 277 g/mol. The van der Waals surface area contributed by atoms with Crippen molar-refractivity contribution < 1.29 is 0 Å². The number of nitrogens with zero attached hydrogens (tertiary/aromatic N) is 4. The molecule has 1 aromatic carbocycles. The molecule has 0 amide bonds. The number of rotatable bonds is 4. The summed E-state index contributed by atoms with van der Waals surface area (Å²) in [6, 6.07) is 12.0. The summed E-state index contributed by atoms with van der Waals surface area (Å²) in [7, 11) is 0. The van der Waals surface area contributed by atoms with Crippen molar-refractivity contribution in [3.05, 3.63) is 66.1 Å².